The van der Waals surface area contributed by atoms with E-state index in [9.17, 15) is 19.2 Å². The molecule has 0 spiro atoms. The third-order valence-corrected chi connectivity index (χ3v) is 7.20. The van der Waals surface area contributed by atoms with Gasteiger partial charge in [-0.15, -0.1) is 0 Å². The zero-order valence-electron chi connectivity index (χ0n) is 27.4. The second-order valence-corrected chi connectivity index (χ2v) is 12.3. The zero-order chi connectivity index (χ0) is 34.1. The minimum absolute atomic E-state index is 0.126. The molecule has 2 fully saturated rings. The topological polar surface area (TPSA) is 172 Å². The van der Waals surface area contributed by atoms with E-state index in [0.29, 0.717) is 0 Å². The van der Waals surface area contributed by atoms with Crippen LogP contribution in [-0.2, 0) is 49.4 Å². The molecule has 0 aliphatic carbocycles. The summed E-state index contributed by atoms with van der Waals surface area (Å²) < 4.78 is 36.3. The normalized spacial score (nSPS) is 25.3. The van der Waals surface area contributed by atoms with Gasteiger partial charge in [-0.1, -0.05) is 60.7 Å². The standard InChI is InChI=1S/C33H44N4O10/c1-19(34-32(41)47-33(4,5)6)28(39)36-37-29(40)20(2)44-27-25(35-21(3)38)31(42-17-22-13-9-7-10-14-22)45-24-18-43-30(46-26(24)27)23-15-11-8-12-16-23/h7-16,19-20,24-27,30-31H,17-18H2,1-6H3,(H,34,41)(H,35,38)(H,36,39)(H,37,40)/t19-,20-,24-,25-,26-,27-,30+,31+/m1/s1. The number of hydrogen-bond donors (Lipinski definition) is 4. The number of ether oxygens (including phenoxy) is 6. The fraction of sp³-hybridized carbons (Fsp3) is 0.515. The lowest BCUT2D eigenvalue weighted by Gasteiger charge is -2.49. The molecule has 0 aromatic heterocycles. The van der Waals surface area contributed by atoms with Gasteiger partial charge >= 0.3 is 6.09 Å². The van der Waals surface area contributed by atoms with Crippen molar-refractivity contribution in [1.29, 1.82) is 0 Å². The Kier molecular flexibility index (Phi) is 12.3. The van der Waals surface area contributed by atoms with Gasteiger partial charge in [-0.05, 0) is 40.2 Å². The summed E-state index contributed by atoms with van der Waals surface area (Å²) in [5.41, 5.74) is 5.51. The molecule has 2 heterocycles. The van der Waals surface area contributed by atoms with E-state index < -0.39 is 72.6 Å². The number of nitrogens with one attached hydrogen (secondary N) is 4. The van der Waals surface area contributed by atoms with Gasteiger partial charge in [0.1, 0.15) is 42.1 Å². The smallest absolute Gasteiger partial charge is 0.408 e. The summed E-state index contributed by atoms with van der Waals surface area (Å²) in [7, 11) is 0. The Bertz CT molecular complexity index is 1360. The van der Waals surface area contributed by atoms with Crippen molar-refractivity contribution >= 4 is 23.8 Å². The summed E-state index contributed by atoms with van der Waals surface area (Å²) in [5.74, 6) is -1.76. The highest BCUT2D eigenvalue weighted by Gasteiger charge is 2.52. The quantitative estimate of drug-likeness (QED) is 0.278. The number of alkyl carbamates (subject to hydrolysis) is 1. The molecule has 2 aliphatic rings. The van der Waals surface area contributed by atoms with E-state index in [-0.39, 0.29) is 19.1 Å². The third kappa shape index (κ3) is 10.5. The molecular formula is C33H44N4O10. The highest BCUT2D eigenvalue weighted by molar-refractivity contribution is 5.88. The number of benzene rings is 2. The maximum Gasteiger partial charge on any atom is 0.408 e. The van der Waals surface area contributed by atoms with Crippen LogP contribution in [0.2, 0.25) is 0 Å². The van der Waals surface area contributed by atoms with Gasteiger partial charge in [-0.2, -0.15) is 0 Å². The highest BCUT2D eigenvalue weighted by atomic mass is 16.8. The molecule has 4 amide bonds. The minimum Gasteiger partial charge on any atom is -0.444 e. The fourth-order valence-corrected chi connectivity index (χ4v) is 4.98. The summed E-state index contributed by atoms with van der Waals surface area (Å²) in [6.45, 7) is 9.68. The molecular weight excluding hydrogens is 612 g/mol. The van der Waals surface area contributed by atoms with Gasteiger partial charge < -0.3 is 39.1 Å². The van der Waals surface area contributed by atoms with Gasteiger partial charge in [-0.3, -0.25) is 25.2 Å². The average molecular weight is 657 g/mol. The lowest BCUT2D eigenvalue weighted by Crippen LogP contribution is -2.68. The number of rotatable bonds is 10. The highest BCUT2D eigenvalue weighted by Crippen LogP contribution is 2.36. The first kappa shape index (κ1) is 35.8. The van der Waals surface area contributed by atoms with Crippen molar-refractivity contribution in [3.8, 4) is 0 Å². The number of carbonyl (C=O) groups is 4. The van der Waals surface area contributed by atoms with Gasteiger partial charge in [0.25, 0.3) is 11.8 Å². The van der Waals surface area contributed by atoms with E-state index in [2.05, 4.69) is 21.5 Å². The van der Waals surface area contributed by atoms with E-state index in [4.69, 9.17) is 28.4 Å². The van der Waals surface area contributed by atoms with E-state index >= 15 is 0 Å². The van der Waals surface area contributed by atoms with Crippen LogP contribution in [-0.4, -0.2) is 78.8 Å². The molecule has 0 radical (unpaired) electrons. The van der Waals surface area contributed by atoms with E-state index in [1.54, 1.807) is 20.8 Å². The lowest BCUT2D eigenvalue weighted by atomic mass is 9.95. The predicted octanol–water partition coefficient (Wildman–Crippen LogP) is 2.38. The molecule has 2 aromatic carbocycles. The van der Waals surface area contributed by atoms with E-state index in [1.807, 2.05) is 60.7 Å². The average Bonchev–Trinajstić information content (AvgIpc) is 3.03. The van der Waals surface area contributed by atoms with Gasteiger partial charge in [-0.25, -0.2) is 4.79 Å². The number of hydrogen-bond acceptors (Lipinski definition) is 10. The van der Waals surface area contributed by atoms with E-state index in [0.717, 1.165) is 11.1 Å². The Morgan fingerprint density at radius 2 is 1.55 bits per heavy atom. The SMILES string of the molecule is CC(=O)N[C@H]1[C@@H](OCc2ccccc2)O[C@@H]2CO[C@H](c3ccccc3)O[C@H]2[C@@H]1O[C@H](C)C(=O)NNC(=O)[C@@H](C)NC(=O)OC(C)(C)C. The molecule has 0 saturated carbocycles. The Hall–Kier alpha value is -4.08. The summed E-state index contributed by atoms with van der Waals surface area (Å²) in [4.78, 5) is 50.2. The van der Waals surface area contributed by atoms with Crippen LogP contribution >= 0.6 is 0 Å². The second kappa shape index (κ2) is 16.2. The molecule has 4 rings (SSSR count). The summed E-state index contributed by atoms with van der Waals surface area (Å²) >= 11 is 0. The minimum atomic E-state index is -1.15. The van der Waals surface area contributed by atoms with E-state index in [1.165, 1.54) is 20.8 Å². The largest absolute Gasteiger partial charge is 0.444 e. The molecule has 8 atom stereocenters. The molecule has 14 nitrogen and oxygen atoms in total. The Labute approximate surface area is 274 Å². The van der Waals surface area contributed by atoms with Crippen LogP contribution in [0.15, 0.2) is 60.7 Å². The number of carbonyl (C=O) groups excluding carboxylic acids is 4. The summed E-state index contributed by atoms with van der Waals surface area (Å²) in [5, 5.41) is 5.27. The van der Waals surface area contributed by atoms with Crippen LogP contribution in [0.25, 0.3) is 0 Å². The van der Waals surface area contributed by atoms with Crippen molar-refractivity contribution < 1.29 is 47.6 Å². The van der Waals surface area contributed by atoms with Crippen molar-refractivity contribution in [2.24, 2.45) is 0 Å². The zero-order valence-corrected chi connectivity index (χ0v) is 27.4. The predicted molar refractivity (Wildman–Crippen MR) is 167 cm³/mol. The first-order chi connectivity index (χ1) is 22.3. The van der Waals surface area contributed by atoms with Crippen LogP contribution in [0.5, 0.6) is 0 Å². The third-order valence-electron chi connectivity index (χ3n) is 7.20. The van der Waals surface area contributed by atoms with Gasteiger partial charge in [0.05, 0.1) is 13.2 Å². The van der Waals surface area contributed by atoms with Crippen molar-refractivity contribution in [3.05, 3.63) is 71.8 Å². The van der Waals surface area contributed by atoms with Crippen LogP contribution in [0.3, 0.4) is 0 Å². The van der Waals surface area contributed by atoms with Crippen LogP contribution < -0.4 is 21.5 Å². The first-order valence-corrected chi connectivity index (χ1v) is 15.5. The molecule has 2 saturated heterocycles. The monoisotopic (exact) mass is 656 g/mol. The first-order valence-electron chi connectivity index (χ1n) is 15.5. The van der Waals surface area contributed by atoms with Gasteiger partial charge in [0.2, 0.25) is 5.91 Å². The maximum absolute atomic E-state index is 13.1. The second-order valence-electron chi connectivity index (χ2n) is 12.3. The molecule has 4 N–H and O–H groups in total. The maximum atomic E-state index is 13.1. The summed E-state index contributed by atoms with van der Waals surface area (Å²) in [6, 6.07) is 16.9. The van der Waals surface area contributed by atoms with Gasteiger partial charge in [0, 0.05) is 12.5 Å². The molecule has 0 unspecified atom stereocenters. The molecule has 256 valence electrons. The molecule has 14 heteroatoms. The van der Waals surface area contributed by atoms with Crippen LogP contribution in [0.1, 0.15) is 59.0 Å². The number of amides is 4. The summed E-state index contributed by atoms with van der Waals surface area (Å²) in [6.07, 6.45) is -6.07. The Morgan fingerprint density at radius 3 is 2.19 bits per heavy atom. The Balaban J connectivity index is 1.48. The van der Waals surface area contributed by atoms with Crippen molar-refractivity contribution in [2.75, 3.05) is 6.61 Å². The number of fused-ring (bicyclic) bond motifs is 1. The fourth-order valence-electron chi connectivity index (χ4n) is 4.98. The lowest BCUT2D eigenvalue weighted by molar-refractivity contribution is -0.351. The molecule has 47 heavy (non-hydrogen) atoms. The Morgan fingerprint density at radius 1 is 0.915 bits per heavy atom. The van der Waals surface area contributed by atoms with Crippen molar-refractivity contribution in [2.45, 2.75) is 103 Å². The molecule has 2 aliphatic heterocycles. The number of hydrazine groups is 1. The van der Waals surface area contributed by atoms with Crippen molar-refractivity contribution in [1.82, 2.24) is 21.5 Å². The molecule has 2 aromatic rings. The molecule has 0 bridgehead atoms. The van der Waals surface area contributed by atoms with Crippen molar-refractivity contribution in [3.63, 3.8) is 0 Å². The van der Waals surface area contributed by atoms with Crippen LogP contribution in [0, 0.1) is 0 Å². The van der Waals surface area contributed by atoms with Gasteiger partial charge in [0.15, 0.2) is 12.6 Å². The van der Waals surface area contributed by atoms with Crippen LogP contribution in [0.4, 0.5) is 4.79 Å².